The van der Waals surface area contributed by atoms with Gasteiger partial charge in [0, 0.05) is 6.54 Å². The van der Waals surface area contributed by atoms with Crippen molar-refractivity contribution in [3.05, 3.63) is 34.4 Å². The molecule has 1 amide bonds. The first-order chi connectivity index (χ1) is 7.00. The lowest BCUT2D eigenvalue weighted by Gasteiger charge is -2.11. The number of benzene rings is 1. The SMILES string of the molecule is Cc1cc(C)c(CCNC(=O)Cl)c(C)c1. The third kappa shape index (κ3) is 3.56. The van der Waals surface area contributed by atoms with Crippen LogP contribution < -0.4 is 5.32 Å². The van der Waals surface area contributed by atoms with Gasteiger partial charge in [-0.05, 0) is 55.5 Å². The maximum Gasteiger partial charge on any atom is 0.313 e. The summed E-state index contributed by atoms with van der Waals surface area (Å²) in [4.78, 5) is 10.5. The Hall–Kier alpha value is -1.02. The molecule has 1 aromatic rings. The minimum atomic E-state index is -0.489. The fourth-order valence-corrected chi connectivity index (χ4v) is 1.98. The number of halogens is 1. The lowest BCUT2D eigenvalue weighted by atomic mass is 9.97. The molecule has 0 fully saturated rings. The van der Waals surface area contributed by atoms with Crippen LogP contribution in [-0.2, 0) is 6.42 Å². The summed E-state index contributed by atoms with van der Waals surface area (Å²) < 4.78 is 0. The van der Waals surface area contributed by atoms with E-state index in [0.29, 0.717) is 6.54 Å². The van der Waals surface area contributed by atoms with Gasteiger partial charge in [-0.15, -0.1) is 0 Å². The quantitative estimate of drug-likeness (QED) is 0.622. The third-order valence-electron chi connectivity index (χ3n) is 2.48. The van der Waals surface area contributed by atoms with Gasteiger partial charge in [0.15, 0.2) is 0 Å². The summed E-state index contributed by atoms with van der Waals surface area (Å²) in [7, 11) is 0. The highest BCUT2D eigenvalue weighted by Gasteiger charge is 2.03. The number of rotatable bonds is 3. The van der Waals surface area contributed by atoms with Gasteiger partial charge >= 0.3 is 5.37 Å². The van der Waals surface area contributed by atoms with E-state index in [0.717, 1.165) is 6.42 Å². The lowest BCUT2D eigenvalue weighted by molar-refractivity contribution is 0.260. The van der Waals surface area contributed by atoms with Gasteiger partial charge in [-0.2, -0.15) is 0 Å². The van der Waals surface area contributed by atoms with Crippen LogP contribution in [0.5, 0.6) is 0 Å². The summed E-state index contributed by atoms with van der Waals surface area (Å²) in [6.45, 7) is 6.87. The molecule has 0 atom stereocenters. The van der Waals surface area contributed by atoms with Crippen LogP contribution >= 0.6 is 11.6 Å². The fourth-order valence-electron chi connectivity index (χ4n) is 1.89. The Labute approximate surface area is 95.6 Å². The lowest BCUT2D eigenvalue weighted by Crippen LogP contribution is -2.20. The zero-order chi connectivity index (χ0) is 11.4. The molecule has 0 radical (unpaired) electrons. The first-order valence-electron chi connectivity index (χ1n) is 5.00. The first kappa shape index (κ1) is 12.1. The second-order valence-electron chi connectivity index (χ2n) is 3.83. The highest BCUT2D eigenvalue weighted by atomic mass is 35.5. The van der Waals surface area contributed by atoms with Crippen molar-refractivity contribution in [2.45, 2.75) is 27.2 Å². The van der Waals surface area contributed by atoms with Crippen LogP contribution in [0.15, 0.2) is 12.1 Å². The van der Waals surface area contributed by atoms with Crippen LogP contribution in [-0.4, -0.2) is 11.9 Å². The van der Waals surface area contributed by atoms with Gasteiger partial charge in [-0.25, -0.2) is 0 Å². The van der Waals surface area contributed by atoms with Gasteiger partial charge in [0.2, 0.25) is 0 Å². The van der Waals surface area contributed by atoms with Crippen molar-refractivity contribution < 1.29 is 4.79 Å². The van der Waals surface area contributed by atoms with Crippen LogP contribution in [0.3, 0.4) is 0 Å². The summed E-state index contributed by atoms with van der Waals surface area (Å²) in [5.74, 6) is 0. The number of nitrogens with one attached hydrogen (secondary N) is 1. The van der Waals surface area contributed by atoms with E-state index in [-0.39, 0.29) is 0 Å². The number of carbonyl (C=O) groups excluding carboxylic acids is 1. The van der Waals surface area contributed by atoms with Crippen molar-refractivity contribution in [2.24, 2.45) is 0 Å². The maximum absolute atomic E-state index is 10.5. The third-order valence-corrected chi connectivity index (χ3v) is 2.61. The van der Waals surface area contributed by atoms with Crippen molar-refractivity contribution in [3.8, 4) is 0 Å². The molecule has 2 nitrogen and oxygen atoms in total. The average molecular weight is 226 g/mol. The second-order valence-corrected chi connectivity index (χ2v) is 4.17. The van der Waals surface area contributed by atoms with E-state index in [1.165, 1.54) is 22.3 Å². The van der Waals surface area contributed by atoms with Gasteiger partial charge in [-0.3, -0.25) is 4.79 Å². The van der Waals surface area contributed by atoms with Crippen LogP contribution in [0.25, 0.3) is 0 Å². The minimum absolute atomic E-state index is 0.489. The van der Waals surface area contributed by atoms with E-state index in [9.17, 15) is 4.79 Å². The van der Waals surface area contributed by atoms with Gasteiger partial charge in [0.05, 0.1) is 0 Å². The van der Waals surface area contributed by atoms with E-state index in [2.05, 4.69) is 38.2 Å². The number of hydrogen-bond donors (Lipinski definition) is 1. The molecule has 0 unspecified atom stereocenters. The van der Waals surface area contributed by atoms with Crippen LogP contribution in [0.2, 0.25) is 0 Å². The van der Waals surface area contributed by atoms with E-state index in [1.807, 2.05) is 0 Å². The molecule has 0 aliphatic carbocycles. The molecule has 0 saturated carbocycles. The van der Waals surface area contributed by atoms with E-state index < -0.39 is 5.37 Å². The fraction of sp³-hybridized carbons (Fsp3) is 0.417. The van der Waals surface area contributed by atoms with Crippen molar-refractivity contribution >= 4 is 17.0 Å². The summed E-state index contributed by atoms with van der Waals surface area (Å²) >= 11 is 5.20. The molecule has 0 aromatic heterocycles. The van der Waals surface area contributed by atoms with E-state index in [4.69, 9.17) is 11.6 Å². The van der Waals surface area contributed by atoms with Gasteiger partial charge in [0.25, 0.3) is 0 Å². The highest BCUT2D eigenvalue weighted by Crippen LogP contribution is 2.16. The highest BCUT2D eigenvalue weighted by molar-refractivity contribution is 6.62. The van der Waals surface area contributed by atoms with Gasteiger partial charge in [-0.1, -0.05) is 17.7 Å². The molecule has 0 heterocycles. The molecule has 1 aromatic carbocycles. The number of carbonyl (C=O) groups is 1. The minimum Gasteiger partial charge on any atom is -0.342 e. The normalized spacial score (nSPS) is 10.1. The zero-order valence-electron chi connectivity index (χ0n) is 9.36. The Morgan fingerprint density at radius 2 is 1.80 bits per heavy atom. The Balaban J connectivity index is 2.72. The molecular weight excluding hydrogens is 210 g/mol. The van der Waals surface area contributed by atoms with Gasteiger partial charge < -0.3 is 5.32 Å². The van der Waals surface area contributed by atoms with Crippen molar-refractivity contribution in [3.63, 3.8) is 0 Å². The predicted molar refractivity (Wildman–Crippen MR) is 63.6 cm³/mol. The molecule has 0 spiro atoms. The smallest absolute Gasteiger partial charge is 0.313 e. The number of hydrogen-bond acceptors (Lipinski definition) is 1. The molecule has 0 bridgehead atoms. The van der Waals surface area contributed by atoms with Crippen molar-refractivity contribution in [2.75, 3.05) is 6.54 Å². The predicted octanol–water partition coefficient (Wildman–Crippen LogP) is 3.10. The Morgan fingerprint density at radius 3 is 2.27 bits per heavy atom. The van der Waals surface area contributed by atoms with Crippen LogP contribution in [0, 0.1) is 20.8 Å². The molecule has 1 rings (SSSR count). The first-order valence-corrected chi connectivity index (χ1v) is 5.38. The average Bonchev–Trinajstić information content (AvgIpc) is 2.08. The topological polar surface area (TPSA) is 29.1 Å². The molecule has 3 heteroatoms. The Kier molecular flexibility index (Phi) is 4.15. The Morgan fingerprint density at radius 1 is 1.27 bits per heavy atom. The van der Waals surface area contributed by atoms with E-state index >= 15 is 0 Å². The van der Waals surface area contributed by atoms with E-state index in [1.54, 1.807) is 0 Å². The van der Waals surface area contributed by atoms with Gasteiger partial charge in [0.1, 0.15) is 0 Å². The standard InChI is InChI=1S/C12H16ClNO/c1-8-6-9(2)11(10(3)7-8)4-5-14-12(13)15/h6-7H,4-5H2,1-3H3,(H,14,15). The monoisotopic (exact) mass is 225 g/mol. The molecule has 82 valence electrons. The summed E-state index contributed by atoms with van der Waals surface area (Å²) in [5.41, 5.74) is 5.12. The summed E-state index contributed by atoms with van der Waals surface area (Å²) in [5, 5.41) is 2.10. The summed E-state index contributed by atoms with van der Waals surface area (Å²) in [6, 6.07) is 4.32. The number of amides is 1. The summed E-state index contributed by atoms with van der Waals surface area (Å²) in [6.07, 6.45) is 0.830. The van der Waals surface area contributed by atoms with Crippen LogP contribution in [0.1, 0.15) is 22.3 Å². The molecule has 0 saturated heterocycles. The van der Waals surface area contributed by atoms with Crippen LogP contribution in [0.4, 0.5) is 4.79 Å². The second kappa shape index (κ2) is 5.17. The number of aryl methyl sites for hydroxylation is 3. The molecule has 15 heavy (non-hydrogen) atoms. The largest absolute Gasteiger partial charge is 0.342 e. The zero-order valence-corrected chi connectivity index (χ0v) is 10.1. The molecule has 1 N–H and O–H groups in total. The maximum atomic E-state index is 10.5. The molecular formula is C12H16ClNO. The Bertz CT molecular complexity index is 351. The molecule has 0 aliphatic rings. The molecule has 0 aliphatic heterocycles. The van der Waals surface area contributed by atoms with Crippen molar-refractivity contribution in [1.82, 2.24) is 5.32 Å². The van der Waals surface area contributed by atoms with Crippen molar-refractivity contribution in [1.29, 1.82) is 0 Å².